The smallest absolute Gasteiger partial charge is 0.410 e. The number of imidazole rings is 1. The Labute approximate surface area is 255 Å². The molecule has 1 fully saturated rings. The number of aromatic nitrogens is 4. The van der Waals surface area contributed by atoms with Gasteiger partial charge in [-0.05, 0) is 55.0 Å². The number of carbonyl (C=O) groups excluding carboxylic acids is 1. The summed E-state index contributed by atoms with van der Waals surface area (Å²) in [5.74, 6) is 0.383. The van der Waals surface area contributed by atoms with Crippen LogP contribution in [0.2, 0.25) is 0 Å². The summed E-state index contributed by atoms with van der Waals surface area (Å²) < 4.78 is 7.46. The number of hydrogen-bond acceptors (Lipinski definition) is 8. The number of aliphatic hydroxyl groups is 1. The molecule has 0 radical (unpaired) electrons. The topological polar surface area (TPSA) is 129 Å². The lowest BCUT2D eigenvalue weighted by Crippen LogP contribution is -2.39. The summed E-state index contributed by atoms with van der Waals surface area (Å²) in [7, 11) is 0. The van der Waals surface area contributed by atoms with E-state index in [0.29, 0.717) is 35.9 Å². The van der Waals surface area contributed by atoms with E-state index < -0.39 is 12.2 Å². The van der Waals surface area contributed by atoms with Gasteiger partial charge in [0.05, 0.1) is 41.8 Å². The lowest BCUT2D eigenvalue weighted by Gasteiger charge is -2.28. The fourth-order valence-electron chi connectivity index (χ4n) is 5.69. The van der Waals surface area contributed by atoms with Crippen molar-refractivity contribution in [2.75, 3.05) is 11.9 Å². The maximum absolute atomic E-state index is 12.9. The van der Waals surface area contributed by atoms with E-state index in [1.54, 1.807) is 11.1 Å². The van der Waals surface area contributed by atoms with E-state index in [9.17, 15) is 15.2 Å². The minimum Gasteiger partial charge on any atom is -0.445 e. The Kier molecular flexibility index (Phi) is 8.21. The molecule has 44 heavy (non-hydrogen) atoms. The molecule has 1 aliphatic rings. The van der Waals surface area contributed by atoms with E-state index in [4.69, 9.17) is 9.72 Å². The number of nitriles is 1. The second kappa shape index (κ2) is 12.5. The van der Waals surface area contributed by atoms with Gasteiger partial charge in [-0.1, -0.05) is 60.7 Å². The summed E-state index contributed by atoms with van der Waals surface area (Å²) in [6.45, 7) is 4.73. The van der Waals surface area contributed by atoms with Crippen molar-refractivity contribution in [3.8, 4) is 17.5 Å². The Bertz CT molecular complexity index is 1820. The summed E-state index contributed by atoms with van der Waals surface area (Å²) in [5, 5.41) is 24.3. The molecule has 10 nitrogen and oxygen atoms in total. The molecule has 222 valence electrons. The number of pyridine rings is 1. The van der Waals surface area contributed by atoms with Crippen LogP contribution in [-0.4, -0.2) is 48.0 Å². The van der Waals surface area contributed by atoms with Crippen LogP contribution in [-0.2, 0) is 11.3 Å². The van der Waals surface area contributed by atoms with E-state index in [1.165, 1.54) is 6.20 Å². The summed E-state index contributed by atoms with van der Waals surface area (Å²) >= 11 is 0. The van der Waals surface area contributed by atoms with E-state index >= 15 is 0 Å². The number of nitrogens with one attached hydrogen (secondary N) is 1. The van der Waals surface area contributed by atoms with Crippen molar-refractivity contribution in [1.29, 1.82) is 5.26 Å². The van der Waals surface area contributed by atoms with Crippen molar-refractivity contribution >= 4 is 17.7 Å². The predicted molar refractivity (Wildman–Crippen MR) is 165 cm³/mol. The third-order valence-corrected chi connectivity index (χ3v) is 8.11. The molecule has 1 amide bonds. The zero-order valence-electron chi connectivity index (χ0n) is 24.6. The molecule has 3 aromatic heterocycles. The Morgan fingerprint density at radius 1 is 1.09 bits per heavy atom. The van der Waals surface area contributed by atoms with E-state index in [-0.39, 0.29) is 18.7 Å². The Balaban J connectivity index is 1.13. The third-order valence-electron chi connectivity index (χ3n) is 8.11. The normalized spacial score (nSPS) is 16.0. The number of rotatable bonds is 8. The molecule has 6 rings (SSSR count). The molecule has 5 aromatic rings. The van der Waals surface area contributed by atoms with Crippen molar-refractivity contribution in [1.82, 2.24) is 24.3 Å². The van der Waals surface area contributed by atoms with Crippen LogP contribution in [0.4, 0.5) is 10.7 Å². The van der Waals surface area contributed by atoms with Gasteiger partial charge in [0.25, 0.3) is 0 Å². The summed E-state index contributed by atoms with van der Waals surface area (Å²) in [6, 6.07) is 22.8. The highest BCUT2D eigenvalue weighted by atomic mass is 16.6. The second-order valence-electron chi connectivity index (χ2n) is 11.0. The Hall–Kier alpha value is -5.27. The van der Waals surface area contributed by atoms with Crippen LogP contribution in [0.15, 0.2) is 85.3 Å². The van der Waals surface area contributed by atoms with Crippen LogP contribution in [0.1, 0.15) is 59.7 Å². The Morgan fingerprint density at radius 2 is 1.86 bits per heavy atom. The molecule has 3 atom stereocenters. The van der Waals surface area contributed by atoms with Crippen LogP contribution in [0.25, 0.3) is 17.0 Å². The molecular formula is C34H33N7O3. The van der Waals surface area contributed by atoms with Crippen LogP contribution >= 0.6 is 0 Å². The number of aliphatic hydroxyl groups excluding tert-OH is 1. The van der Waals surface area contributed by atoms with Gasteiger partial charge in [0, 0.05) is 12.7 Å². The molecule has 0 saturated carbocycles. The number of nitrogens with zero attached hydrogens (tertiary/aromatic N) is 6. The van der Waals surface area contributed by atoms with Gasteiger partial charge in [-0.25, -0.2) is 19.7 Å². The van der Waals surface area contributed by atoms with Crippen molar-refractivity contribution in [2.45, 2.75) is 51.5 Å². The van der Waals surface area contributed by atoms with Crippen molar-refractivity contribution in [3.63, 3.8) is 0 Å². The maximum atomic E-state index is 12.9. The number of anilines is 1. The molecule has 0 aliphatic carbocycles. The average molecular weight is 588 g/mol. The lowest BCUT2D eigenvalue weighted by atomic mass is 9.98. The number of hydrogen-bond donors (Lipinski definition) is 2. The van der Waals surface area contributed by atoms with Gasteiger partial charge in [-0.15, -0.1) is 0 Å². The van der Waals surface area contributed by atoms with Gasteiger partial charge < -0.3 is 20.1 Å². The number of fused-ring (bicyclic) bond motifs is 1. The van der Waals surface area contributed by atoms with Gasteiger partial charge in [-0.2, -0.15) is 5.26 Å². The predicted octanol–water partition coefficient (Wildman–Crippen LogP) is 5.98. The first-order valence-electron chi connectivity index (χ1n) is 14.6. The molecule has 1 aliphatic heterocycles. The molecule has 2 N–H and O–H groups in total. The minimum atomic E-state index is -0.836. The van der Waals surface area contributed by atoms with Gasteiger partial charge in [0.15, 0.2) is 0 Å². The highest BCUT2D eigenvalue weighted by Crippen LogP contribution is 2.31. The first-order valence-corrected chi connectivity index (χ1v) is 14.6. The molecule has 1 saturated heterocycles. The largest absolute Gasteiger partial charge is 0.445 e. The summed E-state index contributed by atoms with van der Waals surface area (Å²) in [5.41, 5.74) is 6.01. The molecule has 0 bridgehead atoms. The maximum Gasteiger partial charge on any atom is 0.410 e. The Morgan fingerprint density at radius 3 is 2.64 bits per heavy atom. The highest BCUT2D eigenvalue weighted by Gasteiger charge is 2.35. The average Bonchev–Trinajstić information content (AvgIpc) is 3.73. The fourth-order valence-corrected chi connectivity index (χ4v) is 5.69. The fraction of sp³-hybridized carbons (Fsp3) is 0.265. The van der Waals surface area contributed by atoms with Gasteiger partial charge in [0.2, 0.25) is 5.95 Å². The van der Waals surface area contributed by atoms with E-state index in [1.807, 2.05) is 91.2 Å². The monoisotopic (exact) mass is 587 g/mol. The van der Waals surface area contributed by atoms with Gasteiger partial charge >= 0.3 is 6.09 Å². The van der Waals surface area contributed by atoms with E-state index in [0.717, 1.165) is 34.3 Å². The molecular weight excluding hydrogens is 554 g/mol. The standard InChI is InChI=1S/C34H33N7O3/c1-22-8-6-16-40-29(20-36-32(22)40)30-27(18-35)19-37-33(39-30)38-23(2)25-12-14-26(15-13-25)31(42)28-11-7-17-41(28)34(43)44-21-24-9-4-3-5-10-24/h3-6,8-10,12-16,19-20,23,28,31,42H,7,11,17,21H2,1-2H3,(H,37,38,39)/t23-,28-,31?/m0/s1. The zero-order chi connectivity index (χ0) is 30.6. The third kappa shape index (κ3) is 5.82. The van der Waals surface area contributed by atoms with Gasteiger partial charge in [-0.3, -0.25) is 4.40 Å². The van der Waals surface area contributed by atoms with Crippen molar-refractivity contribution in [2.24, 2.45) is 0 Å². The lowest BCUT2D eigenvalue weighted by molar-refractivity contribution is 0.0478. The first kappa shape index (κ1) is 28.8. The number of carbonyl (C=O) groups is 1. The number of benzene rings is 2. The van der Waals surface area contributed by atoms with Crippen LogP contribution in [0.5, 0.6) is 0 Å². The molecule has 1 unspecified atom stereocenters. The van der Waals surface area contributed by atoms with Crippen LogP contribution < -0.4 is 5.32 Å². The number of amides is 1. The van der Waals surface area contributed by atoms with Crippen molar-refractivity contribution in [3.05, 3.63) is 113 Å². The van der Waals surface area contributed by atoms with Gasteiger partial charge in [0.1, 0.15) is 24.0 Å². The number of aryl methyl sites for hydroxylation is 1. The van der Waals surface area contributed by atoms with Crippen LogP contribution in [0.3, 0.4) is 0 Å². The molecule has 10 heteroatoms. The summed E-state index contributed by atoms with van der Waals surface area (Å²) in [4.78, 5) is 28.1. The first-order chi connectivity index (χ1) is 21.4. The SMILES string of the molecule is Cc1cccn2c(-c3nc(N[C@@H](C)c4ccc(C(O)[C@@H]5CCCN5C(=O)OCc5ccccc5)cc4)ncc3C#N)cnc12. The zero-order valence-corrected chi connectivity index (χ0v) is 24.6. The molecule has 2 aromatic carbocycles. The molecule has 0 spiro atoms. The quantitative estimate of drug-likeness (QED) is 0.227. The number of likely N-dealkylation sites (tertiary alicyclic amines) is 1. The van der Waals surface area contributed by atoms with E-state index in [2.05, 4.69) is 21.4 Å². The second-order valence-corrected chi connectivity index (χ2v) is 11.0. The minimum absolute atomic E-state index is 0.164. The van der Waals surface area contributed by atoms with Crippen LogP contribution in [0, 0.1) is 18.3 Å². The molecule has 4 heterocycles. The van der Waals surface area contributed by atoms with Crippen molar-refractivity contribution < 1.29 is 14.6 Å². The number of ether oxygens (including phenoxy) is 1. The highest BCUT2D eigenvalue weighted by molar-refractivity contribution is 5.69. The summed E-state index contributed by atoms with van der Waals surface area (Å²) in [6.07, 6.45) is 5.40.